The highest BCUT2D eigenvalue weighted by Gasteiger charge is 2.34. The fourth-order valence-electron chi connectivity index (χ4n) is 2.79. The molecule has 3 atom stereocenters. The normalized spacial score (nSPS) is 30.2. The Morgan fingerprint density at radius 2 is 1.87 bits per heavy atom. The molecule has 2 N–H and O–H groups in total. The molecule has 1 aliphatic rings. The summed E-state index contributed by atoms with van der Waals surface area (Å²) in [4.78, 5) is 0. The van der Waals surface area contributed by atoms with Gasteiger partial charge in [-0.25, -0.2) is 0 Å². The zero-order chi connectivity index (χ0) is 11.5. The van der Waals surface area contributed by atoms with Crippen LogP contribution in [0.2, 0.25) is 0 Å². The van der Waals surface area contributed by atoms with Gasteiger partial charge in [-0.3, -0.25) is 0 Å². The average molecular weight is 213 g/mol. The minimum absolute atomic E-state index is 0.234. The monoisotopic (exact) mass is 213 g/mol. The molecule has 0 aromatic heterocycles. The summed E-state index contributed by atoms with van der Waals surface area (Å²) in [6.45, 7) is 9.31. The van der Waals surface area contributed by atoms with Crippen LogP contribution in [-0.2, 0) is 0 Å². The van der Waals surface area contributed by atoms with Crippen molar-refractivity contribution in [1.29, 1.82) is 0 Å². The molecular weight excluding hydrogens is 186 g/mol. The van der Waals surface area contributed by atoms with Crippen LogP contribution in [0.25, 0.3) is 0 Å². The molecule has 0 heterocycles. The Morgan fingerprint density at radius 3 is 2.40 bits per heavy atom. The lowest BCUT2D eigenvalue weighted by molar-refractivity contribution is 0.114. The molecule has 0 spiro atoms. The predicted molar refractivity (Wildman–Crippen MR) is 64.9 cm³/mol. The number of hydrogen-bond donors (Lipinski definition) is 2. The van der Waals surface area contributed by atoms with Crippen molar-refractivity contribution in [3.05, 3.63) is 0 Å². The summed E-state index contributed by atoms with van der Waals surface area (Å²) < 4.78 is 0. The van der Waals surface area contributed by atoms with E-state index in [2.05, 4.69) is 33.0 Å². The summed E-state index contributed by atoms with van der Waals surface area (Å²) in [5, 5.41) is 12.7. The van der Waals surface area contributed by atoms with E-state index in [0.29, 0.717) is 11.5 Å². The molecule has 15 heavy (non-hydrogen) atoms. The van der Waals surface area contributed by atoms with Crippen molar-refractivity contribution in [3.8, 4) is 0 Å². The van der Waals surface area contributed by atoms with E-state index in [1.165, 1.54) is 25.7 Å². The molecule has 1 aliphatic carbocycles. The van der Waals surface area contributed by atoms with E-state index < -0.39 is 0 Å². The maximum atomic E-state index is 9.09. The van der Waals surface area contributed by atoms with E-state index >= 15 is 0 Å². The summed E-state index contributed by atoms with van der Waals surface area (Å²) in [6, 6.07) is 0.832. The third-order valence-corrected chi connectivity index (χ3v) is 3.65. The van der Waals surface area contributed by atoms with Crippen molar-refractivity contribution in [3.63, 3.8) is 0 Å². The highest BCUT2D eigenvalue weighted by Crippen LogP contribution is 2.38. The maximum absolute atomic E-state index is 9.09. The van der Waals surface area contributed by atoms with Crippen LogP contribution in [0.1, 0.15) is 53.4 Å². The largest absolute Gasteiger partial charge is 0.395 e. The van der Waals surface area contributed by atoms with Gasteiger partial charge in [0.1, 0.15) is 0 Å². The van der Waals surface area contributed by atoms with Gasteiger partial charge in [-0.05, 0) is 31.1 Å². The van der Waals surface area contributed by atoms with Crippen molar-refractivity contribution in [2.75, 3.05) is 6.61 Å². The van der Waals surface area contributed by atoms with Gasteiger partial charge in [0.15, 0.2) is 0 Å². The molecule has 2 nitrogen and oxygen atoms in total. The quantitative estimate of drug-likeness (QED) is 0.755. The number of hydrogen-bond acceptors (Lipinski definition) is 2. The summed E-state index contributed by atoms with van der Waals surface area (Å²) >= 11 is 0. The molecule has 0 aliphatic heterocycles. The van der Waals surface area contributed by atoms with E-state index in [4.69, 9.17) is 5.11 Å². The van der Waals surface area contributed by atoms with Crippen molar-refractivity contribution in [2.45, 2.75) is 65.5 Å². The van der Waals surface area contributed by atoms with Crippen molar-refractivity contribution in [2.24, 2.45) is 11.3 Å². The molecule has 0 saturated heterocycles. The van der Waals surface area contributed by atoms with Crippen LogP contribution in [0.15, 0.2) is 0 Å². The van der Waals surface area contributed by atoms with E-state index in [1.54, 1.807) is 0 Å². The topological polar surface area (TPSA) is 32.3 Å². The Morgan fingerprint density at radius 1 is 1.27 bits per heavy atom. The lowest BCUT2D eigenvalue weighted by Gasteiger charge is -2.42. The van der Waals surface area contributed by atoms with Gasteiger partial charge >= 0.3 is 0 Å². The van der Waals surface area contributed by atoms with E-state index in [9.17, 15) is 0 Å². The number of aliphatic hydroxyl groups excluding tert-OH is 1. The van der Waals surface area contributed by atoms with Crippen LogP contribution < -0.4 is 5.32 Å². The van der Waals surface area contributed by atoms with Gasteiger partial charge in [0.05, 0.1) is 6.61 Å². The lowest BCUT2D eigenvalue weighted by Crippen LogP contribution is -2.48. The van der Waals surface area contributed by atoms with Gasteiger partial charge in [0.2, 0.25) is 0 Å². The smallest absolute Gasteiger partial charge is 0.0582 e. The van der Waals surface area contributed by atoms with Gasteiger partial charge in [0, 0.05) is 12.1 Å². The zero-order valence-electron chi connectivity index (χ0n) is 10.7. The van der Waals surface area contributed by atoms with Crippen LogP contribution in [0.3, 0.4) is 0 Å². The minimum atomic E-state index is 0.234. The molecule has 0 aromatic rings. The molecule has 2 unspecified atom stereocenters. The first kappa shape index (κ1) is 13.0. The molecular formula is C13H27NO. The van der Waals surface area contributed by atoms with Gasteiger partial charge < -0.3 is 10.4 Å². The van der Waals surface area contributed by atoms with Crippen molar-refractivity contribution < 1.29 is 5.11 Å². The third kappa shape index (κ3) is 3.76. The first-order chi connectivity index (χ1) is 6.95. The van der Waals surface area contributed by atoms with Crippen LogP contribution in [0.4, 0.5) is 0 Å². The second kappa shape index (κ2) is 5.31. The fourth-order valence-corrected chi connectivity index (χ4v) is 2.79. The van der Waals surface area contributed by atoms with Gasteiger partial charge in [0.25, 0.3) is 0 Å². The first-order valence-corrected chi connectivity index (χ1v) is 6.32. The second-order valence-electron chi connectivity index (χ2n) is 6.11. The van der Waals surface area contributed by atoms with Crippen molar-refractivity contribution >= 4 is 0 Å². The number of nitrogens with one attached hydrogen (secondary N) is 1. The Bertz CT molecular complexity index is 185. The predicted octanol–water partition coefficient (Wildman–Crippen LogP) is 2.56. The van der Waals surface area contributed by atoms with Gasteiger partial charge in [-0.1, -0.05) is 33.6 Å². The van der Waals surface area contributed by atoms with Crippen LogP contribution in [0.5, 0.6) is 0 Å². The molecule has 1 rings (SSSR count). The maximum Gasteiger partial charge on any atom is 0.0582 e. The van der Waals surface area contributed by atoms with Crippen molar-refractivity contribution in [1.82, 2.24) is 5.32 Å². The molecule has 2 heteroatoms. The van der Waals surface area contributed by atoms with Gasteiger partial charge in [-0.2, -0.15) is 0 Å². The standard InChI is InChI=1S/C13H27NO/c1-10(9-15)14-12-8-6-5-7-11(12)13(2,3)4/h10-12,14-15H,5-9H2,1-4H3/t10-,11?,12?/m1/s1. The Labute approximate surface area is 94.5 Å². The highest BCUT2D eigenvalue weighted by molar-refractivity contribution is 4.89. The third-order valence-electron chi connectivity index (χ3n) is 3.65. The van der Waals surface area contributed by atoms with E-state index in [0.717, 1.165) is 5.92 Å². The number of rotatable bonds is 3. The van der Waals surface area contributed by atoms with Crippen LogP contribution >= 0.6 is 0 Å². The number of aliphatic hydroxyl groups is 1. The fraction of sp³-hybridized carbons (Fsp3) is 1.00. The average Bonchev–Trinajstić information content (AvgIpc) is 2.17. The van der Waals surface area contributed by atoms with Gasteiger partial charge in [-0.15, -0.1) is 0 Å². The molecule has 1 fully saturated rings. The SMILES string of the molecule is C[C@H](CO)NC1CCCCC1C(C)(C)C. The Hall–Kier alpha value is -0.0800. The summed E-state index contributed by atoms with van der Waals surface area (Å²) in [5.41, 5.74) is 0.382. The zero-order valence-corrected chi connectivity index (χ0v) is 10.7. The molecule has 0 amide bonds. The lowest BCUT2D eigenvalue weighted by atomic mass is 9.69. The molecule has 1 saturated carbocycles. The van der Waals surface area contributed by atoms with E-state index in [1.807, 2.05) is 0 Å². The first-order valence-electron chi connectivity index (χ1n) is 6.32. The highest BCUT2D eigenvalue weighted by atomic mass is 16.3. The summed E-state index contributed by atoms with van der Waals surface area (Å²) in [6.07, 6.45) is 5.31. The molecule has 0 aromatic carbocycles. The minimum Gasteiger partial charge on any atom is -0.395 e. The molecule has 90 valence electrons. The van der Waals surface area contributed by atoms with Crippen LogP contribution in [-0.4, -0.2) is 23.8 Å². The molecule has 0 bridgehead atoms. The van der Waals surface area contributed by atoms with Crippen LogP contribution in [0, 0.1) is 11.3 Å². The Balaban J connectivity index is 2.58. The molecule has 0 radical (unpaired) electrons. The summed E-state index contributed by atoms with van der Waals surface area (Å²) in [7, 11) is 0. The summed E-state index contributed by atoms with van der Waals surface area (Å²) in [5.74, 6) is 0.750. The second-order valence-corrected chi connectivity index (χ2v) is 6.11. The van der Waals surface area contributed by atoms with E-state index in [-0.39, 0.29) is 12.6 Å². The Kier molecular flexibility index (Phi) is 4.60.